The molecule has 3 saturated heterocycles. The van der Waals surface area contributed by atoms with Gasteiger partial charge in [-0.05, 0) is 50.4 Å². The zero-order valence-electron chi connectivity index (χ0n) is 10.5. The zero-order valence-corrected chi connectivity index (χ0v) is 10.5. The number of hydrogen-bond acceptors (Lipinski definition) is 6. The Kier molecular flexibility index (Phi) is 3.03. The number of carbonyl (C=O) groups is 1. The molecule has 3 aliphatic heterocycles. The number of esters is 1. The van der Waals surface area contributed by atoms with Crippen LogP contribution in [0, 0.1) is 5.92 Å². The average Bonchev–Trinajstić information content (AvgIpc) is 2.90. The SMILES string of the molecule is CCOC(=O)c1noc(C2CC3CCN2CC3)n1. The molecule has 0 saturated carbocycles. The number of nitrogens with zero attached hydrogens (tertiary/aromatic N) is 3. The van der Waals surface area contributed by atoms with Crippen LogP contribution in [0.25, 0.3) is 0 Å². The molecule has 4 heterocycles. The van der Waals surface area contributed by atoms with Crippen molar-refractivity contribution in [1.82, 2.24) is 15.0 Å². The monoisotopic (exact) mass is 251 g/mol. The van der Waals surface area contributed by atoms with E-state index in [2.05, 4.69) is 15.0 Å². The molecule has 1 aromatic heterocycles. The van der Waals surface area contributed by atoms with Crippen LogP contribution in [0.4, 0.5) is 0 Å². The van der Waals surface area contributed by atoms with Crippen LogP contribution in [0.2, 0.25) is 0 Å². The largest absolute Gasteiger partial charge is 0.460 e. The molecule has 3 aliphatic rings. The van der Waals surface area contributed by atoms with Crippen molar-refractivity contribution in [1.29, 1.82) is 0 Å². The van der Waals surface area contributed by atoms with Crippen molar-refractivity contribution in [3.8, 4) is 0 Å². The topological polar surface area (TPSA) is 68.5 Å². The van der Waals surface area contributed by atoms with Crippen LogP contribution in [-0.4, -0.2) is 40.7 Å². The van der Waals surface area contributed by atoms with E-state index in [1.165, 1.54) is 12.8 Å². The van der Waals surface area contributed by atoms with Crippen molar-refractivity contribution >= 4 is 5.97 Å². The molecule has 98 valence electrons. The molecular formula is C12H17N3O3. The maximum absolute atomic E-state index is 11.5. The summed E-state index contributed by atoms with van der Waals surface area (Å²) in [7, 11) is 0. The van der Waals surface area contributed by atoms with E-state index in [0.717, 1.165) is 25.4 Å². The van der Waals surface area contributed by atoms with Gasteiger partial charge < -0.3 is 9.26 Å². The molecule has 1 unspecified atom stereocenters. The van der Waals surface area contributed by atoms with Gasteiger partial charge in [0.15, 0.2) is 0 Å². The smallest absolute Gasteiger partial charge is 0.379 e. The van der Waals surface area contributed by atoms with E-state index in [1.807, 2.05) is 0 Å². The highest BCUT2D eigenvalue weighted by Crippen LogP contribution is 2.39. The van der Waals surface area contributed by atoms with Crippen LogP contribution in [0.3, 0.4) is 0 Å². The molecule has 6 nitrogen and oxygen atoms in total. The quantitative estimate of drug-likeness (QED) is 0.756. The first kappa shape index (κ1) is 11.6. The van der Waals surface area contributed by atoms with Crippen LogP contribution in [0.1, 0.15) is 48.7 Å². The number of aromatic nitrogens is 2. The van der Waals surface area contributed by atoms with Crippen LogP contribution in [0.5, 0.6) is 0 Å². The van der Waals surface area contributed by atoms with Gasteiger partial charge in [-0.1, -0.05) is 0 Å². The Morgan fingerprint density at radius 2 is 2.28 bits per heavy atom. The van der Waals surface area contributed by atoms with Gasteiger partial charge >= 0.3 is 5.97 Å². The standard InChI is InChI=1S/C12H17N3O3/c1-2-17-12(16)10-13-11(18-14-10)9-7-8-3-5-15(9)6-4-8/h8-9H,2-7H2,1H3. The van der Waals surface area contributed by atoms with E-state index >= 15 is 0 Å². The number of rotatable bonds is 3. The number of hydrogen-bond donors (Lipinski definition) is 0. The molecular weight excluding hydrogens is 234 g/mol. The van der Waals surface area contributed by atoms with E-state index in [1.54, 1.807) is 6.92 Å². The number of carbonyl (C=O) groups excluding carboxylic acids is 1. The highest BCUT2D eigenvalue weighted by molar-refractivity contribution is 5.84. The summed E-state index contributed by atoms with van der Waals surface area (Å²) in [4.78, 5) is 18.0. The molecule has 3 fully saturated rings. The second-order valence-electron chi connectivity index (χ2n) is 4.91. The van der Waals surface area contributed by atoms with Crippen molar-refractivity contribution in [2.24, 2.45) is 5.92 Å². The summed E-state index contributed by atoms with van der Waals surface area (Å²) < 4.78 is 10.1. The average molecular weight is 251 g/mol. The van der Waals surface area contributed by atoms with E-state index in [9.17, 15) is 4.79 Å². The number of fused-ring (bicyclic) bond motifs is 3. The third-order valence-corrected chi connectivity index (χ3v) is 3.83. The third kappa shape index (κ3) is 2.01. The van der Waals surface area contributed by atoms with Gasteiger partial charge in [0.2, 0.25) is 5.89 Å². The van der Waals surface area contributed by atoms with E-state index in [4.69, 9.17) is 9.26 Å². The normalized spacial score (nSPS) is 30.4. The fourth-order valence-corrected chi connectivity index (χ4v) is 2.87. The summed E-state index contributed by atoms with van der Waals surface area (Å²) in [5.41, 5.74) is 0. The maximum atomic E-state index is 11.5. The molecule has 0 N–H and O–H groups in total. The fourth-order valence-electron chi connectivity index (χ4n) is 2.87. The Morgan fingerprint density at radius 1 is 1.50 bits per heavy atom. The molecule has 0 aliphatic carbocycles. The van der Waals surface area contributed by atoms with Crippen molar-refractivity contribution < 1.29 is 14.1 Å². The molecule has 18 heavy (non-hydrogen) atoms. The van der Waals surface area contributed by atoms with E-state index in [0.29, 0.717) is 12.5 Å². The van der Waals surface area contributed by atoms with Crippen LogP contribution < -0.4 is 0 Å². The third-order valence-electron chi connectivity index (χ3n) is 3.83. The van der Waals surface area contributed by atoms with Gasteiger partial charge in [0.1, 0.15) is 0 Å². The predicted molar refractivity (Wildman–Crippen MR) is 61.9 cm³/mol. The summed E-state index contributed by atoms with van der Waals surface area (Å²) in [6.07, 6.45) is 3.58. The summed E-state index contributed by atoms with van der Waals surface area (Å²) in [5.74, 6) is 0.846. The van der Waals surface area contributed by atoms with Gasteiger partial charge in [0, 0.05) is 0 Å². The van der Waals surface area contributed by atoms with Gasteiger partial charge in [-0.25, -0.2) is 4.79 Å². The molecule has 0 amide bonds. The molecule has 6 heteroatoms. The first-order valence-electron chi connectivity index (χ1n) is 6.52. The minimum atomic E-state index is -0.511. The van der Waals surface area contributed by atoms with Crippen molar-refractivity contribution in [3.63, 3.8) is 0 Å². The maximum Gasteiger partial charge on any atom is 0.379 e. The van der Waals surface area contributed by atoms with Gasteiger partial charge in [-0.3, -0.25) is 4.90 Å². The Bertz CT molecular complexity index is 438. The van der Waals surface area contributed by atoms with E-state index in [-0.39, 0.29) is 11.9 Å². The molecule has 0 radical (unpaired) electrons. The zero-order chi connectivity index (χ0) is 12.5. The van der Waals surface area contributed by atoms with Crippen LogP contribution >= 0.6 is 0 Å². The highest BCUT2D eigenvalue weighted by Gasteiger charge is 2.37. The molecule has 2 bridgehead atoms. The minimum Gasteiger partial charge on any atom is -0.460 e. The first-order chi connectivity index (χ1) is 8.78. The summed E-state index contributed by atoms with van der Waals surface area (Å²) in [5, 5.41) is 3.71. The van der Waals surface area contributed by atoms with Crippen molar-refractivity contribution in [2.45, 2.75) is 32.2 Å². The lowest BCUT2D eigenvalue weighted by molar-refractivity contribution is 0.0317. The first-order valence-corrected chi connectivity index (χ1v) is 6.52. The van der Waals surface area contributed by atoms with Crippen LogP contribution in [-0.2, 0) is 4.74 Å². The van der Waals surface area contributed by atoms with E-state index < -0.39 is 5.97 Å². The predicted octanol–water partition coefficient (Wildman–Crippen LogP) is 1.40. The lowest BCUT2D eigenvalue weighted by Crippen LogP contribution is -2.43. The Morgan fingerprint density at radius 3 is 2.89 bits per heavy atom. The highest BCUT2D eigenvalue weighted by atomic mass is 16.5. The summed E-state index contributed by atoms with van der Waals surface area (Å²) in [6, 6.07) is 0.188. The van der Waals surface area contributed by atoms with Gasteiger partial charge in [0.25, 0.3) is 5.82 Å². The van der Waals surface area contributed by atoms with Gasteiger partial charge in [-0.15, -0.1) is 0 Å². The van der Waals surface area contributed by atoms with Gasteiger partial charge in [-0.2, -0.15) is 4.98 Å². The van der Waals surface area contributed by atoms with Crippen LogP contribution in [0.15, 0.2) is 4.52 Å². The second-order valence-corrected chi connectivity index (χ2v) is 4.91. The fraction of sp³-hybridized carbons (Fsp3) is 0.750. The Hall–Kier alpha value is -1.43. The molecule has 0 spiro atoms. The summed E-state index contributed by atoms with van der Waals surface area (Å²) in [6.45, 7) is 4.25. The minimum absolute atomic E-state index is 0.0366. The lowest BCUT2D eigenvalue weighted by Gasteiger charge is -2.43. The second kappa shape index (κ2) is 4.68. The van der Waals surface area contributed by atoms with Crippen molar-refractivity contribution in [2.75, 3.05) is 19.7 Å². The molecule has 1 atom stereocenters. The molecule has 0 aromatic carbocycles. The molecule has 1 aromatic rings. The molecule has 4 rings (SSSR count). The Labute approximate surface area is 105 Å². The number of ether oxygens (including phenoxy) is 1. The summed E-state index contributed by atoms with van der Waals surface area (Å²) >= 11 is 0. The Balaban J connectivity index is 1.75. The van der Waals surface area contributed by atoms with Gasteiger partial charge in [0.05, 0.1) is 12.6 Å². The van der Waals surface area contributed by atoms with Crippen molar-refractivity contribution in [3.05, 3.63) is 11.7 Å². The lowest BCUT2D eigenvalue weighted by atomic mass is 9.83. The number of piperidine rings is 3.